The van der Waals surface area contributed by atoms with Gasteiger partial charge in [-0.2, -0.15) is 9.67 Å². The smallest absolute Gasteiger partial charge is 0.248 e. The van der Waals surface area contributed by atoms with E-state index >= 15 is 0 Å². The zero-order valence-electron chi connectivity index (χ0n) is 27.8. The molecule has 1 N–H and O–H groups in total. The Morgan fingerprint density at radius 1 is 1.11 bits per heavy atom. The number of hydrogen-bond acceptors (Lipinski definition) is 7. The Morgan fingerprint density at radius 3 is 2.44 bits per heavy atom. The molecular weight excluding hydrogens is 584 g/mol. The van der Waals surface area contributed by atoms with Crippen LogP contribution in [0.3, 0.4) is 0 Å². The zero-order chi connectivity index (χ0) is 32.3. The predicted molar refractivity (Wildman–Crippen MR) is 176 cm³/mol. The van der Waals surface area contributed by atoms with Crippen LogP contribution in [-0.2, 0) is 23.3 Å². The van der Waals surface area contributed by atoms with E-state index in [4.69, 9.17) is 18.9 Å². The van der Waals surface area contributed by atoms with Crippen molar-refractivity contribution in [1.29, 1.82) is 0 Å². The van der Waals surface area contributed by atoms with E-state index in [9.17, 15) is 4.79 Å². The van der Waals surface area contributed by atoms with Crippen LogP contribution in [0.4, 0.5) is 5.69 Å². The van der Waals surface area contributed by atoms with Gasteiger partial charge < -0.3 is 24.1 Å². The molecule has 3 atom stereocenters. The summed E-state index contributed by atoms with van der Waals surface area (Å²) in [5, 5.41) is 9.73. The van der Waals surface area contributed by atoms with Gasteiger partial charge in [-0.1, -0.05) is 20.8 Å². The Morgan fingerprint density at radius 2 is 1.82 bits per heavy atom. The molecule has 238 valence electrons. The van der Waals surface area contributed by atoms with E-state index in [0.29, 0.717) is 24.5 Å². The Labute approximate surface area is 266 Å². The Kier molecular flexibility index (Phi) is 7.89. The minimum absolute atomic E-state index is 0.0177. The SMILES string of the molecule is COc1cc(OC)cc(N(CC2CC(O[Si](C)(C)C(C)(C)C)C(=O)N2)C2=CC=c3ncc(-c4cnn(C)c4)[n+](C)c3=C3CC23)c1. The molecule has 3 aliphatic rings. The summed E-state index contributed by atoms with van der Waals surface area (Å²) in [6.07, 6.45) is 11.2. The average molecular weight is 630 g/mol. The van der Waals surface area contributed by atoms with Crippen molar-refractivity contribution in [2.24, 2.45) is 20.0 Å². The lowest BCUT2D eigenvalue weighted by atomic mass is 10.1. The molecule has 1 aromatic carbocycles. The number of aromatic nitrogens is 4. The third-order valence-corrected chi connectivity index (χ3v) is 14.3. The Bertz CT molecular complexity index is 1790. The highest BCUT2D eigenvalue weighted by Gasteiger charge is 2.46. The van der Waals surface area contributed by atoms with Crippen LogP contribution < -0.4 is 35.0 Å². The number of methoxy groups -OCH3 is 2. The number of rotatable bonds is 9. The molecule has 1 saturated carbocycles. The number of nitrogens with zero attached hydrogens (tertiary/aromatic N) is 5. The second-order valence-electron chi connectivity index (χ2n) is 13.9. The van der Waals surface area contributed by atoms with Crippen LogP contribution in [0, 0.1) is 5.92 Å². The highest BCUT2D eigenvalue weighted by atomic mass is 28.4. The molecule has 45 heavy (non-hydrogen) atoms. The van der Waals surface area contributed by atoms with Gasteiger partial charge in [0.1, 0.15) is 36.2 Å². The largest absolute Gasteiger partial charge is 0.497 e. The Balaban J connectivity index is 1.37. The number of fused-ring (bicyclic) bond motifs is 2. The van der Waals surface area contributed by atoms with Crippen LogP contribution in [-0.4, -0.2) is 61.9 Å². The quantitative estimate of drug-likeness (QED) is 0.287. The molecule has 2 aromatic heterocycles. The van der Waals surface area contributed by atoms with Crippen molar-refractivity contribution >= 4 is 31.6 Å². The second kappa shape index (κ2) is 11.4. The molecule has 0 radical (unpaired) electrons. The topological polar surface area (TPSA) is 94.6 Å². The number of aryl methyl sites for hydroxylation is 1. The molecule has 6 rings (SSSR count). The molecule has 2 aliphatic carbocycles. The van der Waals surface area contributed by atoms with E-state index in [-0.39, 0.29) is 22.9 Å². The predicted octanol–water partition coefficient (Wildman–Crippen LogP) is 2.96. The molecule has 0 spiro atoms. The van der Waals surface area contributed by atoms with E-state index in [0.717, 1.165) is 39.8 Å². The maximum atomic E-state index is 13.2. The highest BCUT2D eigenvalue weighted by molar-refractivity contribution is 6.74. The van der Waals surface area contributed by atoms with Crippen molar-refractivity contribution < 1.29 is 23.3 Å². The lowest BCUT2D eigenvalue weighted by molar-refractivity contribution is -0.675. The fraction of sp³-hybridized carbons (Fsp3) is 0.471. The summed E-state index contributed by atoms with van der Waals surface area (Å²) >= 11 is 0. The molecule has 0 bridgehead atoms. The van der Waals surface area contributed by atoms with Crippen molar-refractivity contribution in [3.8, 4) is 22.8 Å². The monoisotopic (exact) mass is 629 g/mol. The summed E-state index contributed by atoms with van der Waals surface area (Å²) in [7, 11) is 5.23. The van der Waals surface area contributed by atoms with Gasteiger partial charge in [-0.15, -0.1) is 0 Å². The summed E-state index contributed by atoms with van der Waals surface area (Å²) in [5.41, 5.74) is 5.50. The second-order valence-corrected chi connectivity index (χ2v) is 18.6. The molecule has 3 unspecified atom stereocenters. The molecular formula is C34H45N6O4Si+. The van der Waals surface area contributed by atoms with Crippen LogP contribution in [0.25, 0.3) is 22.9 Å². The first-order chi connectivity index (χ1) is 21.3. The number of allylic oxidation sites excluding steroid dienone is 2. The molecule has 3 heterocycles. The summed E-state index contributed by atoms with van der Waals surface area (Å²) in [6.45, 7) is 11.6. The average Bonchev–Trinajstić information content (AvgIpc) is 3.55. The van der Waals surface area contributed by atoms with E-state index < -0.39 is 14.4 Å². The summed E-state index contributed by atoms with van der Waals surface area (Å²) < 4.78 is 22.0. The van der Waals surface area contributed by atoms with Crippen molar-refractivity contribution in [3.63, 3.8) is 0 Å². The standard InChI is InChI=1S/C34H44N6O4Si/c1-34(2,3)45(8,9)44-31-12-22(37-33(31)41)20-40(23-13-24(42-6)15-25(14-23)43-7)29-11-10-28-32(27-16-26(27)29)39(5)30(18-35-28)21-17-36-38(4)19-21/h10-11,13-15,17-19,22,26,31H,12,16,20H2,1-9H3/p+1. The van der Waals surface area contributed by atoms with Crippen molar-refractivity contribution in [1.82, 2.24) is 20.1 Å². The fourth-order valence-electron chi connectivity index (χ4n) is 6.16. The van der Waals surface area contributed by atoms with Crippen LogP contribution in [0.15, 0.2) is 48.6 Å². The number of nitrogens with one attached hydrogen (secondary N) is 1. The van der Waals surface area contributed by atoms with Gasteiger partial charge in [0.2, 0.25) is 17.0 Å². The number of amides is 1. The number of anilines is 1. The highest BCUT2D eigenvalue weighted by Crippen LogP contribution is 2.47. The molecule has 2 fully saturated rings. The first kappa shape index (κ1) is 31.0. The van der Waals surface area contributed by atoms with Gasteiger partial charge in [-0.25, -0.2) is 4.98 Å². The van der Waals surface area contributed by atoms with Crippen molar-refractivity contribution in [3.05, 3.63) is 59.3 Å². The fourth-order valence-corrected chi connectivity index (χ4v) is 7.43. The summed E-state index contributed by atoms with van der Waals surface area (Å²) in [6, 6.07) is 5.85. The molecule has 3 aromatic rings. The first-order valence-electron chi connectivity index (χ1n) is 15.6. The third-order valence-electron chi connectivity index (χ3n) is 9.77. The minimum Gasteiger partial charge on any atom is -0.497 e. The van der Waals surface area contributed by atoms with E-state index in [1.165, 1.54) is 5.57 Å². The number of carbonyl (C=O) groups excluding carboxylic acids is 1. The number of carbonyl (C=O) groups is 1. The van der Waals surface area contributed by atoms with Crippen molar-refractivity contribution in [2.45, 2.75) is 63.9 Å². The molecule has 1 saturated heterocycles. The van der Waals surface area contributed by atoms with E-state index in [1.807, 2.05) is 48.5 Å². The zero-order valence-corrected chi connectivity index (χ0v) is 28.8. The maximum Gasteiger partial charge on any atom is 0.248 e. The van der Waals surface area contributed by atoms with Crippen LogP contribution in [0.1, 0.15) is 33.6 Å². The van der Waals surface area contributed by atoms with Gasteiger partial charge in [-0.3, -0.25) is 9.48 Å². The molecule has 10 nitrogen and oxygen atoms in total. The molecule has 1 aliphatic heterocycles. The Hall–Kier alpha value is -3.96. The van der Waals surface area contributed by atoms with Gasteiger partial charge in [0, 0.05) is 73.3 Å². The van der Waals surface area contributed by atoms with E-state index in [2.05, 4.69) is 72.9 Å². The molecule has 1 amide bonds. The van der Waals surface area contributed by atoms with Gasteiger partial charge in [0.15, 0.2) is 8.32 Å². The molecule has 11 heteroatoms. The summed E-state index contributed by atoms with van der Waals surface area (Å²) in [4.78, 5) is 20.4. The third kappa shape index (κ3) is 5.91. The van der Waals surface area contributed by atoms with E-state index in [1.54, 1.807) is 14.2 Å². The maximum absolute atomic E-state index is 13.2. The normalized spacial score (nSPS) is 20.8. The number of benzene rings is 1. The summed E-state index contributed by atoms with van der Waals surface area (Å²) in [5.74, 6) is 1.60. The first-order valence-corrected chi connectivity index (χ1v) is 18.5. The van der Waals surface area contributed by atoms with Crippen LogP contribution >= 0.6 is 0 Å². The lowest BCUT2D eigenvalue weighted by Gasteiger charge is -2.37. The number of hydrogen-bond donors (Lipinski definition) is 1. The van der Waals surface area contributed by atoms with Crippen LogP contribution in [0.2, 0.25) is 18.1 Å². The minimum atomic E-state index is -2.12. The van der Waals surface area contributed by atoms with Crippen LogP contribution in [0.5, 0.6) is 11.5 Å². The van der Waals surface area contributed by atoms with Crippen molar-refractivity contribution in [2.75, 3.05) is 25.7 Å². The number of ether oxygens (including phenoxy) is 2. The lowest BCUT2D eigenvalue weighted by Crippen LogP contribution is -2.57. The van der Waals surface area contributed by atoms with Gasteiger partial charge >= 0.3 is 0 Å². The van der Waals surface area contributed by atoms with Gasteiger partial charge in [-0.05, 0) is 36.7 Å². The van der Waals surface area contributed by atoms with Gasteiger partial charge in [0.25, 0.3) is 0 Å². The van der Waals surface area contributed by atoms with Gasteiger partial charge in [0.05, 0.1) is 26.0 Å².